The van der Waals surface area contributed by atoms with Crippen LogP contribution in [0.1, 0.15) is 24.6 Å². The van der Waals surface area contributed by atoms with Crippen LogP contribution in [0.15, 0.2) is 53.6 Å². The number of hydrogen-bond donors (Lipinski definition) is 2. The molecule has 212 valence electrons. The first-order chi connectivity index (χ1) is 17.9. The van der Waals surface area contributed by atoms with Gasteiger partial charge in [0.15, 0.2) is 0 Å². The SMILES string of the molecule is CCOC(=O)C(CCC(=O)n1cc(NC(=O)Nc2ccc(SC(F)(F)F)cc2)c2cc(F)ccc21)N(C)C.Cl. The Hall–Kier alpha value is -3.29. The Morgan fingerprint density at radius 3 is 2.33 bits per heavy atom. The van der Waals surface area contributed by atoms with Gasteiger partial charge in [0.25, 0.3) is 0 Å². The summed E-state index contributed by atoms with van der Waals surface area (Å²) in [6.07, 6.45) is 1.50. The summed E-state index contributed by atoms with van der Waals surface area (Å²) < 4.78 is 57.9. The van der Waals surface area contributed by atoms with E-state index in [-0.39, 0.29) is 71.2 Å². The molecule has 3 rings (SSSR count). The molecule has 0 aliphatic rings. The molecule has 1 heterocycles. The highest BCUT2D eigenvalue weighted by Crippen LogP contribution is 2.37. The third-order valence-corrected chi connectivity index (χ3v) is 6.18. The lowest BCUT2D eigenvalue weighted by molar-refractivity contribution is -0.148. The van der Waals surface area contributed by atoms with Crippen LogP contribution in [0.5, 0.6) is 0 Å². The Kier molecular flexibility index (Phi) is 11.2. The molecule has 0 aliphatic heterocycles. The fraction of sp³-hybridized carbons (Fsp3) is 0.320. The van der Waals surface area contributed by atoms with Crippen molar-refractivity contribution in [3.8, 4) is 0 Å². The van der Waals surface area contributed by atoms with Crippen molar-refractivity contribution < 1.29 is 36.7 Å². The van der Waals surface area contributed by atoms with Gasteiger partial charge in [0.1, 0.15) is 11.9 Å². The predicted octanol–water partition coefficient (Wildman–Crippen LogP) is 6.37. The van der Waals surface area contributed by atoms with Gasteiger partial charge in [-0.15, -0.1) is 12.4 Å². The molecular weight excluding hydrogens is 564 g/mol. The van der Waals surface area contributed by atoms with Gasteiger partial charge >= 0.3 is 17.5 Å². The number of nitrogens with one attached hydrogen (secondary N) is 2. The van der Waals surface area contributed by atoms with Gasteiger partial charge in [-0.25, -0.2) is 9.18 Å². The van der Waals surface area contributed by atoms with Crippen LogP contribution >= 0.6 is 24.2 Å². The fourth-order valence-corrected chi connectivity index (χ4v) is 4.28. The number of nitrogens with zero attached hydrogens (tertiary/aromatic N) is 2. The molecule has 2 N–H and O–H groups in total. The van der Waals surface area contributed by atoms with Crippen molar-refractivity contribution in [1.29, 1.82) is 0 Å². The zero-order valence-corrected chi connectivity index (χ0v) is 22.8. The summed E-state index contributed by atoms with van der Waals surface area (Å²) in [6, 6.07) is 7.41. The molecule has 0 fully saturated rings. The van der Waals surface area contributed by atoms with E-state index in [0.717, 1.165) is 0 Å². The number of esters is 1. The molecule has 2 aromatic carbocycles. The summed E-state index contributed by atoms with van der Waals surface area (Å²) in [4.78, 5) is 39.5. The highest BCUT2D eigenvalue weighted by atomic mass is 35.5. The first kappa shape index (κ1) is 31.9. The zero-order chi connectivity index (χ0) is 28.0. The number of amides is 2. The second-order valence-electron chi connectivity index (χ2n) is 8.39. The Labute approximate surface area is 232 Å². The standard InChI is InChI=1S/C25H26F4N4O4S.ClH/c1-4-37-23(35)21(32(2)3)11-12-22(34)33-14-19(18-13-15(26)5-10-20(18)33)31-24(36)30-16-6-8-17(9-7-16)38-25(27,28)29;/h5-10,13-14,21H,4,11-12H2,1-3H3,(H2,30,31,36);1H. The van der Waals surface area contributed by atoms with E-state index in [1.165, 1.54) is 53.2 Å². The van der Waals surface area contributed by atoms with Crippen molar-refractivity contribution >= 4 is 64.4 Å². The fourth-order valence-electron chi connectivity index (χ4n) is 3.74. The second kappa shape index (κ2) is 13.7. The van der Waals surface area contributed by atoms with Gasteiger partial charge in [0.2, 0.25) is 5.91 Å². The highest BCUT2D eigenvalue weighted by Gasteiger charge is 2.29. The molecule has 1 unspecified atom stereocenters. The molecule has 3 aromatic rings. The maximum atomic E-state index is 14.0. The van der Waals surface area contributed by atoms with Gasteiger partial charge in [-0.2, -0.15) is 13.2 Å². The third-order valence-electron chi connectivity index (χ3n) is 5.44. The minimum atomic E-state index is -4.43. The maximum absolute atomic E-state index is 14.0. The molecule has 0 aliphatic carbocycles. The van der Waals surface area contributed by atoms with Crippen molar-refractivity contribution in [2.45, 2.75) is 36.2 Å². The van der Waals surface area contributed by atoms with Crippen LogP contribution in [0.2, 0.25) is 0 Å². The van der Waals surface area contributed by atoms with Gasteiger partial charge in [0.05, 0.1) is 17.8 Å². The van der Waals surface area contributed by atoms with E-state index >= 15 is 0 Å². The lowest BCUT2D eigenvalue weighted by Gasteiger charge is -2.22. The van der Waals surface area contributed by atoms with Crippen LogP contribution in [0.25, 0.3) is 10.9 Å². The van der Waals surface area contributed by atoms with Crippen molar-refractivity contribution in [3.05, 3.63) is 54.5 Å². The zero-order valence-electron chi connectivity index (χ0n) is 21.2. The molecule has 0 spiro atoms. The van der Waals surface area contributed by atoms with Crippen LogP contribution in [0.3, 0.4) is 0 Å². The number of benzene rings is 2. The Bertz CT molecular complexity index is 1320. The minimum absolute atomic E-state index is 0. The molecule has 0 bridgehead atoms. The molecule has 1 atom stereocenters. The van der Waals surface area contributed by atoms with Crippen LogP contribution in [0, 0.1) is 5.82 Å². The van der Waals surface area contributed by atoms with Gasteiger partial charge in [-0.05, 0) is 81.7 Å². The number of alkyl halides is 3. The molecule has 8 nitrogen and oxygen atoms in total. The number of carbonyl (C=O) groups excluding carboxylic acids is 3. The predicted molar refractivity (Wildman–Crippen MR) is 144 cm³/mol. The van der Waals surface area contributed by atoms with Gasteiger partial charge in [-0.1, -0.05) is 0 Å². The van der Waals surface area contributed by atoms with Gasteiger partial charge < -0.3 is 15.4 Å². The van der Waals surface area contributed by atoms with E-state index in [1.807, 2.05) is 0 Å². The summed E-state index contributed by atoms with van der Waals surface area (Å²) >= 11 is -0.277. The van der Waals surface area contributed by atoms with Crippen LogP contribution < -0.4 is 10.6 Å². The number of anilines is 2. The number of thioether (sulfide) groups is 1. The highest BCUT2D eigenvalue weighted by molar-refractivity contribution is 8.00. The number of aromatic nitrogens is 1. The summed E-state index contributed by atoms with van der Waals surface area (Å²) in [6.45, 7) is 1.90. The van der Waals surface area contributed by atoms with E-state index in [0.29, 0.717) is 5.52 Å². The van der Waals surface area contributed by atoms with Crippen LogP contribution in [-0.4, -0.2) is 59.6 Å². The van der Waals surface area contributed by atoms with E-state index < -0.39 is 29.4 Å². The quantitative estimate of drug-likeness (QED) is 0.171. The first-order valence-electron chi connectivity index (χ1n) is 11.5. The minimum Gasteiger partial charge on any atom is -0.465 e. The maximum Gasteiger partial charge on any atom is 0.446 e. The van der Waals surface area contributed by atoms with Crippen LogP contribution in [-0.2, 0) is 9.53 Å². The van der Waals surface area contributed by atoms with Gasteiger partial charge in [-0.3, -0.25) is 19.1 Å². The average molecular weight is 591 g/mol. The molecule has 39 heavy (non-hydrogen) atoms. The number of carbonyl (C=O) groups is 3. The number of urea groups is 1. The van der Waals surface area contributed by atoms with Crippen molar-refractivity contribution in [1.82, 2.24) is 9.47 Å². The Balaban J connectivity index is 0.00000533. The topological polar surface area (TPSA) is 92.7 Å². The lowest BCUT2D eigenvalue weighted by Crippen LogP contribution is -2.37. The molecule has 1 aromatic heterocycles. The summed E-state index contributed by atoms with van der Waals surface area (Å²) in [5, 5.41) is 5.30. The van der Waals surface area contributed by atoms with Crippen LogP contribution in [0.4, 0.5) is 33.7 Å². The molecule has 2 amide bonds. The van der Waals surface area contributed by atoms with E-state index in [2.05, 4.69) is 10.6 Å². The molecule has 0 saturated carbocycles. The Morgan fingerprint density at radius 2 is 1.74 bits per heavy atom. The number of ether oxygens (including phenoxy) is 1. The summed E-state index contributed by atoms with van der Waals surface area (Å²) in [5.74, 6) is -1.42. The molecular formula is C25H27ClF4N4O4S. The summed E-state index contributed by atoms with van der Waals surface area (Å²) in [5.41, 5.74) is -3.71. The number of fused-ring (bicyclic) bond motifs is 1. The van der Waals surface area contributed by atoms with E-state index in [4.69, 9.17) is 4.74 Å². The molecule has 14 heteroatoms. The normalized spacial score (nSPS) is 12.1. The second-order valence-corrected chi connectivity index (χ2v) is 9.53. The van der Waals surface area contributed by atoms with Gasteiger partial charge in [0, 0.05) is 28.6 Å². The number of halogens is 5. The average Bonchev–Trinajstić information content (AvgIpc) is 3.16. The first-order valence-corrected chi connectivity index (χ1v) is 12.3. The van der Waals surface area contributed by atoms with E-state index in [9.17, 15) is 31.9 Å². The molecule has 0 saturated heterocycles. The van der Waals surface area contributed by atoms with Crippen molar-refractivity contribution in [3.63, 3.8) is 0 Å². The number of rotatable bonds is 9. The van der Waals surface area contributed by atoms with Crippen molar-refractivity contribution in [2.75, 3.05) is 31.3 Å². The monoisotopic (exact) mass is 590 g/mol. The number of likely N-dealkylation sites (N-methyl/N-ethyl adjacent to an activating group) is 1. The van der Waals surface area contributed by atoms with Crippen molar-refractivity contribution in [2.24, 2.45) is 0 Å². The summed E-state index contributed by atoms with van der Waals surface area (Å²) in [7, 11) is 3.40. The number of hydrogen-bond acceptors (Lipinski definition) is 6. The third kappa shape index (κ3) is 8.87. The largest absolute Gasteiger partial charge is 0.465 e. The molecule has 0 radical (unpaired) electrons. The lowest BCUT2D eigenvalue weighted by atomic mass is 10.1. The van der Waals surface area contributed by atoms with E-state index in [1.54, 1.807) is 25.9 Å². The smallest absolute Gasteiger partial charge is 0.446 e. The Morgan fingerprint density at radius 1 is 1.08 bits per heavy atom.